The second kappa shape index (κ2) is 9.87. The van der Waals surface area contributed by atoms with E-state index in [4.69, 9.17) is 4.98 Å². The molecule has 1 fully saturated rings. The van der Waals surface area contributed by atoms with E-state index in [2.05, 4.69) is 29.4 Å². The van der Waals surface area contributed by atoms with Crippen LogP contribution in [0.15, 0.2) is 35.1 Å². The summed E-state index contributed by atoms with van der Waals surface area (Å²) in [6.07, 6.45) is 0. The van der Waals surface area contributed by atoms with E-state index in [0.29, 0.717) is 37.5 Å². The van der Waals surface area contributed by atoms with Gasteiger partial charge in [0.1, 0.15) is 11.2 Å². The predicted molar refractivity (Wildman–Crippen MR) is 141 cm³/mol. The molecule has 1 saturated heterocycles. The molecule has 1 amide bonds. The van der Waals surface area contributed by atoms with Gasteiger partial charge in [0, 0.05) is 46.3 Å². The summed E-state index contributed by atoms with van der Waals surface area (Å²) in [6.45, 7) is 9.67. The van der Waals surface area contributed by atoms with Crippen LogP contribution in [0.3, 0.4) is 0 Å². The lowest BCUT2D eigenvalue weighted by Gasteiger charge is -2.28. The quantitative estimate of drug-likeness (QED) is 0.409. The summed E-state index contributed by atoms with van der Waals surface area (Å²) in [5, 5.41) is 6.26. The van der Waals surface area contributed by atoms with E-state index in [1.54, 1.807) is 0 Å². The number of imidazole rings is 1. The molecule has 3 aromatic heterocycles. The minimum absolute atomic E-state index is 0.00290. The molecule has 0 unspecified atom stereocenters. The number of aryl methyl sites for hydroxylation is 1. The van der Waals surface area contributed by atoms with Gasteiger partial charge in [-0.05, 0) is 31.3 Å². The molecule has 2 N–H and O–H groups in total. The average Bonchev–Trinajstić information content (AvgIpc) is 3.19. The van der Waals surface area contributed by atoms with Gasteiger partial charge in [-0.25, -0.2) is 9.37 Å². The number of nitrogens with one attached hydrogen (secondary N) is 2. The van der Waals surface area contributed by atoms with Gasteiger partial charge in [0.25, 0.3) is 5.91 Å². The lowest BCUT2D eigenvalue weighted by molar-refractivity contribution is 0.0949. The van der Waals surface area contributed by atoms with Crippen LogP contribution >= 0.6 is 0 Å². The number of hydrogen-bond donors (Lipinski definition) is 2. The largest absolute Gasteiger partial charge is 0.352 e. The third-order valence-corrected chi connectivity index (χ3v) is 7.11. The summed E-state index contributed by atoms with van der Waals surface area (Å²) < 4.78 is 19.0. The van der Waals surface area contributed by atoms with E-state index in [1.807, 2.05) is 45.2 Å². The number of rotatable bonds is 7. The number of para-hydroxylation sites is 2. The van der Waals surface area contributed by atoms with Crippen molar-refractivity contribution in [1.82, 2.24) is 29.5 Å². The molecule has 4 heterocycles. The Bertz CT molecular complexity index is 1500. The summed E-state index contributed by atoms with van der Waals surface area (Å²) in [5.41, 5.74) is 1.91. The number of anilines is 1. The fraction of sp³-hybridized carbons (Fsp3) is 0.423. The van der Waals surface area contributed by atoms with Crippen molar-refractivity contribution in [3.05, 3.63) is 51.9 Å². The summed E-state index contributed by atoms with van der Waals surface area (Å²) in [7, 11) is 1.83. The van der Waals surface area contributed by atoms with Crippen LogP contribution < -0.4 is 21.0 Å². The van der Waals surface area contributed by atoms with Gasteiger partial charge in [-0.3, -0.25) is 14.0 Å². The molecule has 9 nitrogen and oxygen atoms in total. The molecule has 0 spiro atoms. The number of pyridine rings is 2. The van der Waals surface area contributed by atoms with Crippen molar-refractivity contribution in [3.63, 3.8) is 0 Å². The number of aromatic nitrogens is 3. The Morgan fingerprint density at radius 2 is 1.86 bits per heavy atom. The highest BCUT2D eigenvalue weighted by atomic mass is 19.1. The first-order chi connectivity index (χ1) is 17.5. The normalized spacial score (nSPS) is 14.4. The molecular weight excluding hydrogens is 461 g/mol. The van der Waals surface area contributed by atoms with Crippen LogP contribution in [-0.2, 0) is 7.05 Å². The first-order valence-electron chi connectivity index (χ1n) is 12.5. The molecule has 4 aromatic rings. The summed E-state index contributed by atoms with van der Waals surface area (Å²) in [4.78, 5) is 35.9. The summed E-state index contributed by atoms with van der Waals surface area (Å²) in [6, 6.07) is 8.90. The summed E-state index contributed by atoms with van der Waals surface area (Å²) in [5.74, 6) is -0.805. The molecule has 1 aromatic carbocycles. The van der Waals surface area contributed by atoms with Crippen LogP contribution in [0.5, 0.6) is 0 Å². The number of benzene rings is 1. The number of carbonyl (C=O) groups excluding carboxylic acids is 1. The Morgan fingerprint density at radius 1 is 1.17 bits per heavy atom. The molecule has 190 valence electrons. The van der Waals surface area contributed by atoms with Gasteiger partial charge in [-0.1, -0.05) is 26.0 Å². The van der Waals surface area contributed by atoms with Crippen LogP contribution in [0, 0.1) is 5.82 Å². The maximum atomic E-state index is 15.3. The molecule has 0 aliphatic carbocycles. The van der Waals surface area contributed by atoms with Crippen LogP contribution in [0.4, 0.5) is 10.2 Å². The average molecular weight is 494 g/mol. The third kappa shape index (κ3) is 4.00. The molecular formula is C26H32FN7O2. The maximum absolute atomic E-state index is 15.3. The van der Waals surface area contributed by atoms with Crippen LogP contribution in [0.2, 0.25) is 0 Å². The topological polar surface area (TPSA) is 86.9 Å². The fourth-order valence-corrected chi connectivity index (χ4v) is 5.11. The minimum Gasteiger partial charge on any atom is -0.352 e. The zero-order chi connectivity index (χ0) is 25.4. The number of halogens is 1. The van der Waals surface area contributed by atoms with E-state index in [0.717, 1.165) is 37.2 Å². The van der Waals surface area contributed by atoms with Gasteiger partial charge in [-0.2, -0.15) is 0 Å². The Labute approximate surface area is 208 Å². The zero-order valence-electron chi connectivity index (χ0n) is 21.0. The maximum Gasteiger partial charge on any atom is 0.259 e. The number of piperazine rings is 1. The second-order valence-corrected chi connectivity index (χ2v) is 9.10. The van der Waals surface area contributed by atoms with Crippen molar-refractivity contribution in [2.24, 2.45) is 7.05 Å². The highest BCUT2D eigenvalue weighted by Crippen LogP contribution is 2.28. The van der Waals surface area contributed by atoms with Crippen molar-refractivity contribution >= 4 is 39.4 Å². The van der Waals surface area contributed by atoms with Gasteiger partial charge < -0.3 is 25.0 Å². The number of hydrogen-bond acceptors (Lipinski definition) is 6. The molecule has 0 atom stereocenters. The van der Waals surface area contributed by atoms with E-state index in [1.165, 1.54) is 6.07 Å². The van der Waals surface area contributed by atoms with Crippen LogP contribution in [-0.4, -0.2) is 77.1 Å². The van der Waals surface area contributed by atoms with E-state index in [9.17, 15) is 9.59 Å². The molecule has 1 aliphatic rings. The van der Waals surface area contributed by atoms with Crippen LogP contribution in [0.25, 0.3) is 27.7 Å². The predicted octanol–water partition coefficient (Wildman–Crippen LogP) is 1.96. The van der Waals surface area contributed by atoms with E-state index in [-0.39, 0.29) is 16.8 Å². The molecule has 5 rings (SSSR count). The molecule has 1 aliphatic heterocycles. The van der Waals surface area contributed by atoms with Gasteiger partial charge in [0.15, 0.2) is 17.3 Å². The Hall–Kier alpha value is -3.50. The second-order valence-electron chi connectivity index (χ2n) is 9.10. The third-order valence-electron chi connectivity index (χ3n) is 7.11. The van der Waals surface area contributed by atoms with Crippen molar-refractivity contribution < 1.29 is 9.18 Å². The minimum atomic E-state index is -0.561. The smallest absolute Gasteiger partial charge is 0.259 e. The fourth-order valence-electron chi connectivity index (χ4n) is 5.11. The Balaban J connectivity index is 1.73. The van der Waals surface area contributed by atoms with E-state index < -0.39 is 17.2 Å². The summed E-state index contributed by atoms with van der Waals surface area (Å²) >= 11 is 0. The number of likely N-dealkylation sites (N-methyl/N-ethyl adjacent to an activating group) is 1. The standard InChI is InChI=1S/C26H32FN7O2/c1-4-32(5-2)13-12-29-25(36)21-22(35)17-16-18(27)24(33-14-10-28-11-15-33)30-23(17)34-20-9-7-6-8-19(20)31(3)26(21)34/h6-9,16,28H,4-5,10-15H2,1-3H3,(H,29,36). The number of carbonyl (C=O) groups is 1. The van der Waals surface area contributed by atoms with Gasteiger partial charge in [0.2, 0.25) is 5.43 Å². The number of amides is 1. The lowest BCUT2D eigenvalue weighted by Crippen LogP contribution is -2.44. The molecule has 0 bridgehead atoms. The first-order valence-corrected chi connectivity index (χ1v) is 12.5. The first kappa shape index (κ1) is 24.2. The number of nitrogens with zero attached hydrogens (tertiary/aromatic N) is 5. The SMILES string of the molecule is CCN(CC)CCNC(=O)c1c(=O)c2cc(F)c(N3CCNCC3)nc2n2c3ccccc3n(C)c12. The molecule has 36 heavy (non-hydrogen) atoms. The van der Waals surface area contributed by atoms with Gasteiger partial charge in [-0.15, -0.1) is 0 Å². The molecule has 10 heteroatoms. The molecule has 0 saturated carbocycles. The van der Waals surface area contributed by atoms with Crippen molar-refractivity contribution in [1.29, 1.82) is 0 Å². The highest BCUT2D eigenvalue weighted by Gasteiger charge is 2.26. The number of fused-ring (bicyclic) bond motifs is 5. The van der Waals surface area contributed by atoms with E-state index >= 15 is 4.39 Å². The monoisotopic (exact) mass is 493 g/mol. The van der Waals surface area contributed by atoms with Gasteiger partial charge >= 0.3 is 0 Å². The van der Waals surface area contributed by atoms with Crippen molar-refractivity contribution in [3.8, 4) is 0 Å². The Morgan fingerprint density at radius 3 is 2.56 bits per heavy atom. The Kier molecular flexibility index (Phi) is 6.63. The van der Waals surface area contributed by atoms with Crippen molar-refractivity contribution in [2.45, 2.75) is 13.8 Å². The highest BCUT2D eigenvalue weighted by molar-refractivity contribution is 6.05. The zero-order valence-corrected chi connectivity index (χ0v) is 21.0. The van der Waals surface area contributed by atoms with Crippen molar-refractivity contribution in [2.75, 3.05) is 57.3 Å². The molecule has 0 radical (unpaired) electrons. The van der Waals surface area contributed by atoms with Crippen LogP contribution in [0.1, 0.15) is 24.2 Å². The van der Waals surface area contributed by atoms with Gasteiger partial charge in [0.05, 0.1) is 16.4 Å². The lowest BCUT2D eigenvalue weighted by atomic mass is 10.1.